The van der Waals surface area contributed by atoms with Gasteiger partial charge in [-0.2, -0.15) is 39.5 Å². The average Bonchev–Trinajstić information content (AvgIpc) is 3.22. The van der Waals surface area contributed by atoms with Crippen molar-refractivity contribution in [2.75, 3.05) is 20.1 Å². The number of unbranched alkanes of at least 4 members (excludes halogenated alkanes) is 3. The zero-order valence-electron chi connectivity index (χ0n) is 25.5. The number of fused-ring (bicyclic) bond motifs is 5. The molecule has 3 nitrogen and oxygen atoms in total. The summed E-state index contributed by atoms with van der Waals surface area (Å²) in [5, 5.41) is 20.9. The summed E-state index contributed by atoms with van der Waals surface area (Å²) in [6, 6.07) is 5.15. The van der Waals surface area contributed by atoms with Gasteiger partial charge in [0, 0.05) is 12.3 Å². The van der Waals surface area contributed by atoms with Gasteiger partial charge in [0.15, 0.2) is 0 Å². The highest BCUT2D eigenvalue weighted by Crippen LogP contribution is 2.63. The van der Waals surface area contributed by atoms with E-state index in [1.807, 2.05) is 13.0 Å². The van der Waals surface area contributed by atoms with E-state index in [1.54, 1.807) is 24.1 Å². The molecule has 0 aromatic heterocycles. The second kappa shape index (κ2) is 13.0. The Labute approximate surface area is 257 Å². The van der Waals surface area contributed by atoms with Crippen molar-refractivity contribution in [3.63, 3.8) is 0 Å². The number of phenols is 1. The van der Waals surface area contributed by atoms with Crippen LogP contribution < -0.4 is 0 Å². The lowest BCUT2D eigenvalue weighted by Gasteiger charge is -2.54. The van der Waals surface area contributed by atoms with Crippen molar-refractivity contribution in [3.05, 3.63) is 29.3 Å². The van der Waals surface area contributed by atoms with Crippen LogP contribution in [0.1, 0.15) is 88.2 Å². The predicted molar refractivity (Wildman–Crippen MR) is 149 cm³/mol. The van der Waals surface area contributed by atoms with Crippen molar-refractivity contribution in [2.24, 2.45) is 23.2 Å². The highest BCUT2D eigenvalue weighted by atomic mass is 19.4. The topological polar surface area (TPSA) is 43.7 Å². The van der Waals surface area contributed by atoms with Gasteiger partial charge in [-0.3, -0.25) is 0 Å². The first-order valence-electron chi connectivity index (χ1n) is 15.8. The summed E-state index contributed by atoms with van der Waals surface area (Å²) < 4.78 is 133. The maximum Gasteiger partial charge on any atom is 0.460 e. The number of hydrogen-bond donors (Lipinski definition) is 2. The normalized spacial score (nSPS) is 30.7. The summed E-state index contributed by atoms with van der Waals surface area (Å²) in [4.78, 5) is 1.76. The third kappa shape index (κ3) is 6.81. The van der Waals surface area contributed by atoms with Crippen molar-refractivity contribution >= 4 is 0 Å². The summed E-state index contributed by atoms with van der Waals surface area (Å²) in [6.07, 6.45) is -5.34. The molecule has 0 bridgehead atoms. The Bertz CT molecular complexity index is 1160. The van der Waals surface area contributed by atoms with Crippen LogP contribution in [0.4, 0.5) is 43.9 Å². The van der Waals surface area contributed by atoms with Crippen LogP contribution in [0.3, 0.4) is 0 Å². The van der Waals surface area contributed by atoms with E-state index in [0.29, 0.717) is 32.2 Å². The maximum atomic E-state index is 15.9. The summed E-state index contributed by atoms with van der Waals surface area (Å²) >= 11 is 0. The number of aliphatic hydroxyl groups is 1. The smallest absolute Gasteiger partial charge is 0.460 e. The number of aliphatic hydroxyl groups excluding tert-OH is 1. The highest BCUT2D eigenvalue weighted by Gasteiger charge is 2.81. The zero-order valence-corrected chi connectivity index (χ0v) is 25.5. The lowest BCUT2D eigenvalue weighted by Crippen LogP contribution is -2.60. The lowest BCUT2D eigenvalue weighted by molar-refractivity contribution is -0.396. The van der Waals surface area contributed by atoms with Gasteiger partial charge >= 0.3 is 23.9 Å². The lowest BCUT2D eigenvalue weighted by atomic mass is 9.51. The van der Waals surface area contributed by atoms with Gasteiger partial charge in [0.1, 0.15) is 11.9 Å². The molecule has 3 aliphatic rings. The van der Waals surface area contributed by atoms with E-state index in [9.17, 15) is 49.7 Å². The van der Waals surface area contributed by atoms with E-state index in [0.717, 1.165) is 36.8 Å². The number of nitrogens with zero attached hydrogens (tertiary/aromatic N) is 1. The van der Waals surface area contributed by atoms with Crippen LogP contribution in [-0.2, 0) is 6.42 Å². The minimum atomic E-state index is -6.85. The molecule has 4 rings (SSSR count). The van der Waals surface area contributed by atoms with Crippen molar-refractivity contribution in [2.45, 2.75) is 120 Å². The fourth-order valence-corrected chi connectivity index (χ4v) is 8.40. The van der Waals surface area contributed by atoms with Gasteiger partial charge in [0.05, 0.1) is 6.10 Å². The summed E-state index contributed by atoms with van der Waals surface area (Å²) in [7, 11) is 1.68. The van der Waals surface area contributed by atoms with E-state index in [2.05, 4.69) is 0 Å². The van der Waals surface area contributed by atoms with Gasteiger partial charge in [-0.1, -0.05) is 25.8 Å². The van der Waals surface area contributed by atoms with Crippen LogP contribution in [0.2, 0.25) is 0 Å². The van der Waals surface area contributed by atoms with Gasteiger partial charge in [-0.05, 0) is 118 Å². The molecule has 0 heterocycles. The Kier molecular flexibility index (Phi) is 10.5. The molecular formula is C32H43F10NO2. The molecule has 0 unspecified atom stereocenters. The largest absolute Gasteiger partial charge is 0.508 e. The molecule has 2 N–H and O–H groups in total. The van der Waals surface area contributed by atoms with Crippen molar-refractivity contribution in [1.82, 2.24) is 4.90 Å². The average molecular weight is 664 g/mol. The van der Waals surface area contributed by atoms with Gasteiger partial charge in [0.25, 0.3) is 0 Å². The number of benzene rings is 1. The molecule has 1 aromatic carbocycles. The van der Waals surface area contributed by atoms with Crippen molar-refractivity contribution in [1.29, 1.82) is 0 Å². The quantitative estimate of drug-likeness (QED) is 0.164. The van der Waals surface area contributed by atoms with E-state index in [1.165, 1.54) is 0 Å². The molecule has 45 heavy (non-hydrogen) atoms. The van der Waals surface area contributed by atoms with Crippen LogP contribution >= 0.6 is 0 Å². The molecular weight excluding hydrogens is 620 g/mol. The standard InChI is InChI=1S/C32H43F10NO2/c1-28-18-24(33)27-22-10-9-21(44)17-20(22)16-19(26(27)23(28)11-12-25(28)45)8-4-3-6-14-43(2)15-7-5-13-29(34,35)30(36,37)31(38,39)32(40,41)42/h9-10,17,19,23-27,44-45H,3-8,11-16,18H2,1-2H3/t19-,23+,24+,25+,26+,27+,28+/m1/s1. The predicted octanol–water partition coefficient (Wildman–Crippen LogP) is 8.91. The van der Waals surface area contributed by atoms with Gasteiger partial charge in [-0.15, -0.1) is 0 Å². The van der Waals surface area contributed by atoms with E-state index < -0.39 is 54.5 Å². The van der Waals surface area contributed by atoms with Gasteiger partial charge in [-0.25, -0.2) is 4.39 Å². The number of aromatic hydroxyl groups is 1. The molecule has 13 heteroatoms. The third-order valence-electron chi connectivity index (χ3n) is 10.9. The SMILES string of the molecule is CN(CCCCC[C@@H]1Cc2cc(O)ccc2[C@@H]2[C@@H]1[C@@H]1CC[C@H](O)[C@@]1(C)C[C@@H]2F)CCCCC(F)(F)C(F)(F)C(F)(F)C(F)(F)F. The maximum absolute atomic E-state index is 15.9. The number of alkyl halides is 10. The number of halogens is 10. The summed E-state index contributed by atoms with van der Waals surface area (Å²) in [6.45, 7) is 2.71. The number of phenolic OH excluding ortho intramolecular Hbond substituents is 1. The molecule has 0 amide bonds. The van der Waals surface area contributed by atoms with Gasteiger partial charge < -0.3 is 15.1 Å². The molecule has 0 saturated heterocycles. The van der Waals surface area contributed by atoms with Crippen LogP contribution in [0.5, 0.6) is 5.75 Å². The minimum absolute atomic E-state index is 0.0669. The molecule has 7 atom stereocenters. The van der Waals surface area contributed by atoms with E-state index >= 15 is 4.39 Å². The second-order valence-electron chi connectivity index (χ2n) is 13.8. The summed E-state index contributed by atoms with van der Waals surface area (Å²) in [5.74, 6) is -18.7. The fourth-order valence-electron chi connectivity index (χ4n) is 8.40. The summed E-state index contributed by atoms with van der Waals surface area (Å²) in [5.41, 5.74) is 1.42. The molecule has 258 valence electrons. The fraction of sp³-hybridized carbons (Fsp3) is 0.812. The zero-order chi connectivity index (χ0) is 33.6. The van der Waals surface area contributed by atoms with E-state index in [-0.39, 0.29) is 42.4 Å². The molecule has 1 aromatic rings. The first-order valence-corrected chi connectivity index (χ1v) is 15.8. The van der Waals surface area contributed by atoms with Crippen molar-refractivity contribution < 1.29 is 54.1 Å². The Balaban J connectivity index is 1.25. The first kappa shape index (κ1) is 36.1. The molecule has 0 aliphatic heterocycles. The van der Waals surface area contributed by atoms with Crippen LogP contribution in [0.25, 0.3) is 0 Å². The Morgan fingerprint density at radius 1 is 0.889 bits per heavy atom. The molecule has 0 spiro atoms. The Morgan fingerprint density at radius 3 is 2.18 bits per heavy atom. The Hall–Kier alpha value is -1.76. The van der Waals surface area contributed by atoms with Crippen LogP contribution in [0.15, 0.2) is 18.2 Å². The monoisotopic (exact) mass is 663 g/mol. The minimum Gasteiger partial charge on any atom is -0.508 e. The number of hydrogen-bond acceptors (Lipinski definition) is 3. The first-order chi connectivity index (χ1) is 20.7. The highest BCUT2D eigenvalue weighted by molar-refractivity contribution is 5.41. The second-order valence-corrected chi connectivity index (χ2v) is 13.8. The van der Waals surface area contributed by atoms with E-state index in [4.69, 9.17) is 0 Å². The van der Waals surface area contributed by atoms with Crippen molar-refractivity contribution in [3.8, 4) is 5.75 Å². The van der Waals surface area contributed by atoms with Crippen LogP contribution in [-0.4, -0.2) is 71.5 Å². The van der Waals surface area contributed by atoms with Crippen LogP contribution in [0, 0.1) is 23.2 Å². The molecule has 2 saturated carbocycles. The molecule has 0 radical (unpaired) electrons. The van der Waals surface area contributed by atoms with Gasteiger partial charge in [0.2, 0.25) is 0 Å². The third-order valence-corrected chi connectivity index (χ3v) is 10.9. The molecule has 2 fully saturated rings. The molecule has 3 aliphatic carbocycles. The Morgan fingerprint density at radius 2 is 1.53 bits per heavy atom. The number of rotatable bonds is 13.